The number of amides is 1. The predicted octanol–water partition coefficient (Wildman–Crippen LogP) is 5.24. The quantitative estimate of drug-likeness (QED) is 0.416. The minimum atomic E-state index is -0.151. The molecule has 0 radical (unpaired) electrons. The molecule has 0 saturated carbocycles. The molecule has 0 atom stereocenters. The third kappa shape index (κ3) is 4.80. The lowest BCUT2D eigenvalue weighted by Crippen LogP contribution is -2.23. The van der Waals surface area contributed by atoms with E-state index in [0.717, 1.165) is 40.5 Å². The Hall–Kier alpha value is -3.52. The van der Waals surface area contributed by atoms with Crippen molar-refractivity contribution < 1.29 is 4.79 Å². The first-order chi connectivity index (χ1) is 15.1. The van der Waals surface area contributed by atoms with Crippen molar-refractivity contribution in [3.05, 3.63) is 65.3 Å². The number of nitrogens with one attached hydrogen (secondary N) is 2. The number of aryl methyl sites for hydroxylation is 1. The Bertz CT molecular complexity index is 1200. The van der Waals surface area contributed by atoms with Crippen LogP contribution in [-0.2, 0) is 0 Å². The molecule has 8 heteroatoms. The molecular formula is C23H24N6OS. The molecule has 1 amide bonds. The molecule has 0 unspecified atom stereocenters. The minimum absolute atomic E-state index is 0.151. The van der Waals surface area contributed by atoms with Gasteiger partial charge >= 0.3 is 0 Å². The summed E-state index contributed by atoms with van der Waals surface area (Å²) in [6, 6.07) is 15.0. The average Bonchev–Trinajstić information content (AvgIpc) is 3.23. The Balaban J connectivity index is 1.45. The zero-order valence-electron chi connectivity index (χ0n) is 17.7. The lowest BCUT2D eigenvalue weighted by atomic mass is 10.2. The first-order valence-corrected chi connectivity index (χ1v) is 11.1. The van der Waals surface area contributed by atoms with Crippen molar-refractivity contribution in [1.82, 2.24) is 15.0 Å². The summed E-state index contributed by atoms with van der Waals surface area (Å²) in [4.78, 5) is 28.1. The summed E-state index contributed by atoms with van der Waals surface area (Å²) in [6.45, 7) is 7.95. The van der Waals surface area contributed by atoms with Crippen LogP contribution in [0.1, 0.15) is 29.9 Å². The summed E-state index contributed by atoms with van der Waals surface area (Å²) >= 11 is 1.52. The van der Waals surface area contributed by atoms with Crippen LogP contribution in [0.4, 0.5) is 23.1 Å². The van der Waals surface area contributed by atoms with E-state index >= 15 is 0 Å². The molecule has 0 bridgehead atoms. The SMILES string of the molecule is CCN(CC)c1cc(C)nc(Nc2ccc(NC(=O)c3ccc4ncsc4c3)cc2)n1. The first kappa shape index (κ1) is 20.7. The van der Waals surface area contributed by atoms with Gasteiger partial charge in [-0.2, -0.15) is 4.98 Å². The van der Waals surface area contributed by atoms with Crippen molar-refractivity contribution in [2.75, 3.05) is 28.6 Å². The fourth-order valence-corrected chi connectivity index (χ4v) is 4.00. The van der Waals surface area contributed by atoms with Crippen LogP contribution in [0.5, 0.6) is 0 Å². The zero-order valence-corrected chi connectivity index (χ0v) is 18.5. The van der Waals surface area contributed by atoms with Crippen LogP contribution in [0, 0.1) is 6.92 Å². The van der Waals surface area contributed by atoms with Gasteiger partial charge in [-0.25, -0.2) is 9.97 Å². The van der Waals surface area contributed by atoms with E-state index in [1.807, 2.05) is 49.4 Å². The second kappa shape index (κ2) is 9.09. The maximum Gasteiger partial charge on any atom is 0.255 e. The maximum absolute atomic E-state index is 12.6. The number of hydrogen-bond acceptors (Lipinski definition) is 7. The molecule has 2 aromatic heterocycles. The molecule has 0 spiro atoms. The Morgan fingerprint density at radius 3 is 2.48 bits per heavy atom. The molecule has 2 aromatic carbocycles. The van der Waals surface area contributed by atoms with E-state index in [9.17, 15) is 4.79 Å². The second-order valence-corrected chi connectivity index (χ2v) is 7.94. The van der Waals surface area contributed by atoms with Gasteiger partial charge in [0.05, 0.1) is 15.7 Å². The molecule has 0 saturated heterocycles. The van der Waals surface area contributed by atoms with Crippen LogP contribution in [0.2, 0.25) is 0 Å². The van der Waals surface area contributed by atoms with E-state index in [1.54, 1.807) is 11.6 Å². The van der Waals surface area contributed by atoms with Gasteiger partial charge in [0.2, 0.25) is 5.95 Å². The number of nitrogens with zero attached hydrogens (tertiary/aromatic N) is 4. The second-order valence-electron chi connectivity index (χ2n) is 7.05. The summed E-state index contributed by atoms with van der Waals surface area (Å²) in [7, 11) is 0. The lowest BCUT2D eigenvalue weighted by molar-refractivity contribution is 0.102. The highest BCUT2D eigenvalue weighted by molar-refractivity contribution is 7.16. The molecule has 31 heavy (non-hydrogen) atoms. The summed E-state index contributed by atoms with van der Waals surface area (Å²) in [6.07, 6.45) is 0. The number of hydrogen-bond donors (Lipinski definition) is 2. The van der Waals surface area contributed by atoms with Crippen molar-refractivity contribution in [1.29, 1.82) is 0 Å². The molecule has 4 rings (SSSR count). The lowest BCUT2D eigenvalue weighted by Gasteiger charge is -2.20. The van der Waals surface area contributed by atoms with Crippen molar-refractivity contribution in [3.63, 3.8) is 0 Å². The number of fused-ring (bicyclic) bond motifs is 1. The van der Waals surface area contributed by atoms with E-state index in [4.69, 9.17) is 0 Å². The van der Waals surface area contributed by atoms with Crippen LogP contribution in [0.3, 0.4) is 0 Å². The third-order valence-corrected chi connectivity index (χ3v) is 5.71. The average molecular weight is 433 g/mol. The van der Waals surface area contributed by atoms with Gasteiger partial charge in [0, 0.05) is 41.8 Å². The fourth-order valence-electron chi connectivity index (χ4n) is 3.28. The topological polar surface area (TPSA) is 83.0 Å². The Morgan fingerprint density at radius 2 is 1.74 bits per heavy atom. The Labute approximate surface area is 185 Å². The molecule has 0 fully saturated rings. The van der Waals surface area contributed by atoms with Crippen molar-refractivity contribution in [2.24, 2.45) is 0 Å². The van der Waals surface area contributed by atoms with E-state index in [1.165, 1.54) is 11.3 Å². The molecule has 7 nitrogen and oxygen atoms in total. The molecule has 0 aliphatic carbocycles. The van der Waals surface area contributed by atoms with Gasteiger partial charge in [-0.1, -0.05) is 0 Å². The van der Waals surface area contributed by atoms with Crippen LogP contribution < -0.4 is 15.5 Å². The van der Waals surface area contributed by atoms with E-state index < -0.39 is 0 Å². The number of rotatable bonds is 7. The monoisotopic (exact) mass is 432 g/mol. The predicted molar refractivity (Wildman–Crippen MR) is 128 cm³/mol. The summed E-state index contributed by atoms with van der Waals surface area (Å²) in [5, 5.41) is 6.18. The number of aromatic nitrogens is 3. The molecule has 2 heterocycles. The van der Waals surface area contributed by atoms with E-state index in [0.29, 0.717) is 17.2 Å². The Kier molecular flexibility index (Phi) is 6.08. The van der Waals surface area contributed by atoms with Gasteiger partial charge in [-0.15, -0.1) is 11.3 Å². The molecule has 158 valence electrons. The van der Waals surface area contributed by atoms with Crippen molar-refractivity contribution in [3.8, 4) is 0 Å². The highest BCUT2D eigenvalue weighted by Crippen LogP contribution is 2.22. The molecular weight excluding hydrogens is 408 g/mol. The van der Waals surface area contributed by atoms with Crippen molar-refractivity contribution >= 4 is 50.6 Å². The largest absolute Gasteiger partial charge is 0.357 e. The first-order valence-electron chi connectivity index (χ1n) is 10.2. The van der Waals surface area contributed by atoms with Crippen LogP contribution in [0.15, 0.2) is 54.0 Å². The number of carbonyl (C=O) groups excluding carboxylic acids is 1. The van der Waals surface area contributed by atoms with Gasteiger partial charge in [-0.05, 0) is 63.2 Å². The van der Waals surface area contributed by atoms with Crippen LogP contribution in [-0.4, -0.2) is 33.9 Å². The molecule has 2 N–H and O–H groups in total. The number of thiazole rings is 1. The zero-order chi connectivity index (χ0) is 21.8. The van der Waals surface area contributed by atoms with Gasteiger partial charge in [-0.3, -0.25) is 4.79 Å². The summed E-state index contributed by atoms with van der Waals surface area (Å²) < 4.78 is 0.995. The van der Waals surface area contributed by atoms with E-state index in [2.05, 4.69) is 44.3 Å². The highest BCUT2D eigenvalue weighted by atomic mass is 32.1. The van der Waals surface area contributed by atoms with Crippen LogP contribution >= 0.6 is 11.3 Å². The molecule has 4 aromatic rings. The van der Waals surface area contributed by atoms with Gasteiger partial charge < -0.3 is 15.5 Å². The number of anilines is 4. The summed E-state index contributed by atoms with van der Waals surface area (Å²) in [5.41, 5.74) is 5.76. The maximum atomic E-state index is 12.6. The normalized spacial score (nSPS) is 10.8. The van der Waals surface area contributed by atoms with E-state index in [-0.39, 0.29) is 5.91 Å². The molecule has 0 aliphatic heterocycles. The van der Waals surface area contributed by atoms with Gasteiger partial charge in [0.25, 0.3) is 5.91 Å². The molecule has 0 aliphatic rings. The Morgan fingerprint density at radius 1 is 1.00 bits per heavy atom. The smallest absolute Gasteiger partial charge is 0.255 e. The van der Waals surface area contributed by atoms with Gasteiger partial charge in [0.1, 0.15) is 5.82 Å². The fraction of sp³-hybridized carbons (Fsp3) is 0.217. The standard InChI is InChI=1S/C23H24N6OS/c1-4-29(5-2)21-12-15(3)25-23(28-21)27-18-9-7-17(8-10-18)26-22(30)16-6-11-19-20(13-16)31-14-24-19/h6-14H,4-5H2,1-3H3,(H,26,30)(H,25,27,28). The van der Waals surface area contributed by atoms with Gasteiger partial charge in [0.15, 0.2) is 0 Å². The van der Waals surface area contributed by atoms with Crippen LogP contribution in [0.25, 0.3) is 10.2 Å². The summed E-state index contributed by atoms with van der Waals surface area (Å²) in [5.74, 6) is 1.31. The number of benzene rings is 2. The third-order valence-electron chi connectivity index (χ3n) is 4.92. The highest BCUT2D eigenvalue weighted by Gasteiger charge is 2.10. The minimum Gasteiger partial charge on any atom is -0.357 e. The number of carbonyl (C=O) groups is 1. The van der Waals surface area contributed by atoms with Crippen molar-refractivity contribution in [2.45, 2.75) is 20.8 Å².